The van der Waals surface area contributed by atoms with Gasteiger partial charge >= 0.3 is 0 Å². The number of aliphatic hydroxyl groups excluding tert-OH is 1. The summed E-state index contributed by atoms with van der Waals surface area (Å²) in [6.45, 7) is 3.05. The third kappa shape index (κ3) is 5.01. The number of aliphatic hydroxyl groups is 1. The number of hydrogen-bond acceptors (Lipinski definition) is 6. The van der Waals surface area contributed by atoms with Crippen molar-refractivity contribution < 1.29 is 5.11 Å². The monoisotopic (exact) mass is 273 g/mol. The maximum Gasteiger partial charge on any atom is 0.228 e. The third-order valence-electron chi connectivity index (χ3n) is 2.61. The van der Waals surface area contributed by atoms with E-state index in [0.29, 0.717) is 17.8 Å². The van der Waals surface area contributed by atoms with Crippen LogP contribution in [0.25, 0.3) is 0 Å². The van der Waals surface area contributed by atoms with Gasteiger partial charge in [-0.2, -0.15) is 15.0 Å². The molecule has 0 aliphatic rings. The Balaban J connectivity index is 2.57. The second-order valence-corrected chi connectivity index (χ2v) is 4.39. The summed E-state index contributed by atoms with van der Waals surface area (Å²) in [7, 11) is 1.72. The minimum absolute atomic E-state index is 0.158. The Kier molecular flexibility index (Phi) is 6.67. The number of nitrogens with one attached hydrogen (secondary N) is 2. The molecule has 0 spiro atoms. The minimum atomic E-state index is 0.158. The fourth-order valence-corrected chi connectivity index (χ4v) is 1.88. The fraction of sp³-hybridized carbons (Fsp3) is 0.727. The van der Waals surface area contributed by atoms with Gasteiger partial charge in [0.05, 0.1) is 0 Å². The number of aromatic nitrogens is 3. The molecule has 0 fully saturated rings. The molecule has 1 unspecified atom stereocenters. The van der Waals surface area contributed by atoms with E-state index in [0.717, 1.165) is 25.8 Å². The lowest BCUT2D eigenvalue weighted by atomic mass is 10.0. The molecule has 0 saturated carbocycles. The molecule has 0 amide bonds. The molecule has 0 aliphatic carbocycles. The van der Waals surface area contributed by atoms with Gasteiger partial charge in [-0.05, 0) is 30.4 Å². The molecular weight excluding hydrogens is 254 g/mol. The first kappa shape index (κ1) is 14.9. The van der Waals surface area contributed by atoms with Gasteiger partial charge in [0.1, 0.15) is 0 Å². The van der Waals surface area contributed by atoms with Crippen LogP contribution >= 0.6 is 11.6 Å². The quantitative estimate of drug-likeness (QED) is 0.670. The van der Waals surface area contributed by atoms with E-state index in [1.54, 1.807) is 7.05 Å². The lowest BCUT2D eigenvalue weighted by molar-refractivity contribution is 0.255. The summed E-state index contributed by atoms with van der Waals surface area (Å²) in [5, 5.41) is 15.1. The van der Waals surface area contributed by atoms with E-state index in [4.69, 9.17) is 16.7 Å². The molecule has 18 heavy (non-hydrogen) atoms. The summed E-state index contributed by atoms with van der Waals surface area (Å²) in [6, 6.07) is 0. The summed E-state index contributed by atoms with van der Waals surface area (Å²) in [4.78, 5) is 12.1. The third-order valence-corrected chi connectivity index (χ3v) is 2.78. The van der Waals surface area contributed by atoms with Crippen LogP contribution in [0.5, 0.6) is 0 Å². The van der Waals surface area contributed by atoms with Crippen molar-refractivity contribution in [2.45, 2.75) is 26.2 Å². The van der Waals surface area contributed by atoms with Crippen LogP contribution in [0.4, 0.5) is 11.9 Å². The Morgan fingerprint density at radius 3 is 2.56 bits per heavy atom. The van der Waals surface area contributed by atoms with E-state index >= 15 is 0 Å². The molecule has 7 heteroatoms. The van der Waals surface area contributed by atoms with Gasteiger partial charge in [-0.1, -0.05) is 13.3 Å². The zero-order valence-electron chi connectivity index (χ0n) is 10.8. The number of rotatable bonds is 8. The highest BCUT2D eigenvalue weighted by Gasteiger charge is 2.09. The van der Waals surface area contributed by atoms with Gasteiger partial charge in [0.25, 0.3) is 0 Å². The van der Waals surface area contributed by atoms with Gasteiger partial charge in [0, 0.05) is 20.2 Å². The van der Waals surface area contributed by atoms with E-state index in [9.17, 15) is 0 Å². The second kappa shape index (κ2) is 8.05. The molecular formula is C11H20ClN5O. The van der Waals surface area contributed by atoms with Crippen LogP contribution in [-0.2, 0) is 0 Å². The van der Waals surface area contributed by atoms with Crippen LogP contribution in [-0.4, -0.2) is 40.3 Å². The Hall–Kier alpha value is -1.14. The zero-order chi connectivity index (χ0) is 13.4. The molecule has 0 saturated heterocycles. The van der Waals surface area contributed by atoms with Gasteiger partial charge < -0.3 is 15.7 Å². The standard InChI is InChI=1S/C11H20ClN5O/c1-3-4-8(5-6-18)7-14-11-16-9(12)15-10(13-2)17-11/h8,18H,3-7H2,1-2H3,(H2,13,14,15,16,17). The first-order valence-corrected chi connectivity index (χ1v) is 6.51. The average Bonchev–Trinajstić information content (AvgIpc) is 2.36. The van der Waals surface area contributed by atoms with Crippen molar-refractivity contribution in [3.63, 3.8) is 0 Å². The van der Waals surface area contributed by atoms with Crippen LogP contribution in [0.3, 0.4) is 0 Å². The lowest BCUT2D eigenvalue weighted by Crippen LogP contribution is -2.17. The van der Waals surface area contributed by atoms with Crippen molar-refractivity contribution >= 4 is 23.5 Å². The first-order chi connectivity index (χ1) is 8.69. The number of hydrogen-bond donors (Lipinski definition) is 3. The molecule has 0 aromatic carbocycles. The Bertz CT molecular complexity index is 357. The van der Waals surface area contributed by atoms with Crippen LogP contribution < -0.4 is 10.6 Å². The van der Waals surface area contributed by atoms with Gasteiger partial charge in [-0.15, -0.1) is 0 Å². The predicted octanol–water partition coefficient (Wildman–Crippen LogP) is 1.78. The maximum atomic E-state index is 8.99. The molecule has 6 nitrogen and oxygen atoms in total. The van der Waals surface area contributed by atoms with Crippen molar-refractivity contribution in [1.29, 1.82) is 0 Å². The highest BCUT2D eigenvalue weighted by Crippen LogP contribution is 2.13. The van der Waals surface area contributed by atoms with Crippen molar-refractivity contribution in [1.82, 2.24) is 15.0 Å². The SMILES string of the molecule is CCCC(CCO)CNc1nc(Cl)nc(NC)n1. The Labute approximate surface area is 112 Å². The largest absolute Gasteiger partial charge is 0.396 e. The smallest absolute Gasteiger partial charge is 0.228 e. The highest BCUT2D eigenvalue weighted by atomic mass is 35.5. The minimum Gasteiger partial charge on any atom is -0.396 e. The van der Waals surface area contributed by atoms with Crippen LogP contribution in [0.2, 0.25) is 5.28 Å². The van der Waals surface area contributed by atoms with E-state index < -0.39 is 0 Å². The summed E-state index contributed by atoms with van der Waals surface area (Å²) in [6.07, 6.45) is 2.93. The van der Waals surface area contributed by atoms with Gasteiger partial charge in [0.2, 0.25) is 17.2 Å². The molecule has 0 radical (unpaired) electrons. The molecule has 1 atom stereocenters. The van der Waals surface area contributed by atoms with E-state index in [2.05, 4.69) is 32.5 Å². The average molecular weight is 274 g/mol. The van der Waals surface area contributed by atoms with Crippen molar-refractivity contribution in [3.8, 4) is 0 Å². The van der Waals surface area contributed by atoms with Gasteiger partial charge in [-0.25, -0.2) is 0 Å². The van der Waals surface area contributed by atoms with Crippen LogP contribution in [0.1, 0.15) is 26.2 Å². The van der Waals surface area contributed by atoms with E-state index in [1.807, 2.05) is 0 Å². The van der Waals surface area contributed by atoms with Gasteiger partial charge in [-0.3, -0.25) is 0 Å². The molecule has 0 bridgehead atoms. The topological polar surface area (TPSA) is 83.0 Å². The van der Waals surface area contributed by atoms with E-state index in [1.165, 1.54) is 0 Å². The molecule has 1 rings (SSSR count). The van der Waals surface area contributed by atoms with Crippen molar-refractivity contribution in [2.75, 3.05) is 30.8 Å². The van der Waals surface area contributed by atoms with Crippen molar-refractivity contribution in [2.24, 2.45) is 5.92 Å². The maximum absolute atomic E-state index is 8.99. The summed E-state index contributed by atoms with van der Waals surface area (Å²) < 4.78 is 0. The summed E-state index contributed by atoms with van der Waals surface area (Å²) >= 11 is 5.78. The second-order valence-electron chi connectivity index (χ2n) is 4.05. The molecule has 1 aromatic rings. The zero-order valence-corrected chi connectivity index (χ0v) is 11.5. The van der Waals surface area contributed by atoms with Crippen LogP contribution in [0, 0.1) is 5.92 Å². The molecule has 1 heterocycles. The normalized spacial score (nSPS) is 12.2. The number of nitrogens with zero attached hydrogens (tertiary/aromatic N) is 3. The molecule has 3 N–H and O–H groups in total. The van der Waals surface area contributed by atoms with Gasteiger partial charge in [0.15, 0.2) is 0 Å². The predicted molar refractivity (Wildman–Crippen MR) is 73.0 cm³/mol. The Morgan fingerprint density at radius 1 is 1.22 bits per heavy atom. The van der Waals surface area contributed by atoms with Crippen molar-refractivity contribution in [3.05, 3.63) is 5.28 Å². The fourth-order valence-electron chi connectivity index (χ4n) is 1.72. The number of anilines is 2. The number of halogens is 1. The van der Waals surface area contributed by atoms with Crippen LogP contribution in [0.15, 0.2) is 0 Å². The molecule has 0 aliphatic heterocycles. The summed E-state index contributed by atoms with van der Waals surface area (Å²) in [5.74, 6) is 1.30. The lowest BCUT2D eigenvalue weighted by Gasteiger charge is -2.15. The molecule has 1 aromatic heterocycles. The van der Waals surface area contributed by atoms with E-state index in [-0.39, 0.29) is 11.9 Å². The Morgan fingerprint density at radius 2 is 1.94 bits per heavy atom. The highest BCUT2D eigenvalue weighted by molar-refractivity contribution is 6.28. The first-order valence-electron chi connectivity index (χ1n) is 6.13. The summed E-state index contributed by atoms with van der Waals surface area (Å²) in [5.41, 5.74) is 0. The molecule has 102 valence electrons.